The third kappa shape index (κ3) is 1.61. The predicted molar refractivity (Wildman–Crippen MR) is 55.7 cm³/mol. The fraction of sp³-hybridized carbons (Fsp3) is 0.500. The zero-order valence-electron chi connectivity index (χ0n) is 9.06. The van der Waals surface area contributed by atoms with Crippen molar-refractivity contribution in [3.05, 3.63) is 34.9 Å². The average Bonchev–Trinajstić information content (AvgIpc) is 3.02. The standard InChI is InChI=1S/C12H14F3N/c1-7(16)12(2-3-12)9-4-8(6-13)5-10(14)11(9)15/h4-5,7H,2-3,6,16H2,1H3. The number of hydrogen-bond donors (Lipinski definition) is 1. The third-order valence-electron chi connectivity index (χ3n) is 3.44. The smallest absolute Gasteiger partial charge is 0.162 e. The Morgan fingerprint density at radius 1 is 1.38 bits per heavy atom. The topological polar surface area (TPSA) is 26.0 Å². The van der Waals surface area contributed by atoms with Gasteiger partial charge in [0.05, 0.1) is 0 Å². The fourth-order valence-corrected chi connectivity index (χ4v) is 2.19. The van der Waals surface area contributed by atoms with Gasteiger partial charge in [-0.1, -0.05) is 0 Å². The molecule has 1 aliphatic rings. The lowest BCUT2D eigenvalue weighted by atomic mass is 9.88. The lowest BCUT2D eigenvalue weighted by molar-refractivity contribution is 0.449. The van der Waals surface area contributed by atoms with Crippen LogP contribution >= 0.6 is 0 Å². The summed E-state index contributed by atoms with van der Waals surface area (Å²) in [5, 5.41) is 0. The number of nitrogens with two attached hydrogens (primary N) is 1. The van der Waals surface area contributed by atoms with Crippen LogP contribution in [-0.4, -0.2) is 6.04 Å². The van der Waals surface area contributed by atoms with Gasteiger partial charge in [0.25, 0.3) is 0 Å². The summed E-state index contributed by atoms with van der Waals surface area (Å²) in [5.74, 6) is -1.87. The minimum atomic E-state index is -0.989. The van der Waals surface area contributed by atoms with Crippen molar-refractivity contribution in [1.29, 1.82) is 0 Å². The maximum Gasteiger partial charge on any atom is 0.162 e. The van der Waals surface area contributed by atoms with E-state index in [-0.39, 0.29) is 17.2 Å². The van der Waals surface area contributed by atoms with E-state index in [2.05, 4.69) is 0 Å². The number of benzene rings is 1. The number of alkyl halides is 1. The molecule has 1 saturated carbocycles. The zero-order valence-corrected chi connectivity index (χ0v) is 9.06. The van der Waals surface area contributed by atoms with Crippen molar-refractivity contribution in [2.75, 3.05) is 0 Å². The fourth-order valence-electron chi connectivity index (χ4n) is 2.19. The van der Waals surface area contributed by atoms with Crippen LogP contribution in [0, 0.1) is 11.6 Å². The van der Waals surface area contributed by atoms with Crippen LogP contribution in [0.1, 0.15) is 30.9 Å². The van der Waals surface area contributed by atoms with Gasteiger partial charge in [-0.2, -0.15) is 0 Å². The van der Waals surface area contributed by atoms with E-state index in [9.17, 15) is 13.2 Å². The molecule has 1 nitrogen and oxygen atoms in total. The van der Waals surface area contributed by atoms with E-state index in [1.54, 1.807) is 6.92 Å². The maximum atomic E-state index is 13.7. The minimum absolute atomic E-state index is 0.167. The molecular formula is C12H14F3N. The molecule has 0 aromatic heterocycles. The molecule has 0 bridgehead atoms. The van der Waals surface area contributed by atoms with Crippen LogP contribution < -0.4 is 5.73 Å². The Balaban J connectivity index is 2.52. The molecule has 1 atom stereocenters. The molecule has 1 fully saturated rings. The number of hydrogen-bond acceptors (Lipinski definition) is 1. The number of halogens is 3. The summed E-state index contributed by atoms with van der Waals surface area (Å²) < 4.78 is 39.4. The average molecular weight is 229 g/mol. The van der Waals surface area contributed by atoms with Crippen molar-refractivity contribution in [2.45, 2.75) is 37.9 Å². The molecule has 0 spiro atoms. The Bertz CT molecular complexity index is 411. The lowest BCUT2D eigenvalue weighted by Crippen LogP contribution is -2.32. The Morgan fingerprint density at radius 3 is 2.44 bits per heavy atom. The molecule has 1 aliphatic carbocycles. The van der Waals surface area contributed by atoms with Crippen molar-refractivity contribution < 1.29 is 13.2 Å². The van der Waals surface area contributed by atoms with Gasteiger partial charge < -0.3 is 5.73 Å². The van der Waals surface area contributed by atoms with E-state index in [1.807, 2.05) is 0 Å². The van der Waals surface area contributed by atoms with Crippen molar-refractivity contribution in [1.82, 2.24) is 0 Å². The molecule has 0 heterocycles. The molecule has 88 valence electrons. The van der Waals surface area contributed by atoms with Gasteiger partial charge in [-0.25, -0.2) is 13.2 Å². The Hall–Kier alpha value is -1.03. The molecule has 4 heteroatoms. The second-order valence-electron chi connectivity index (χ2n) is 4.52. The quantitative estimate of drug-likeness (QED) is 0.847. The normalized spacial score (nSPS) is 19.6. The van der Waals surface area contributed by atoms with Crippen LogP contribution in [0.3, 0.4) is 0 Å². The van der Waals surface area contributed by atoms with Gasteiger partial charge in [0.15, 0.2) is 11.6 Å². The summed E-state index contributed by atoms with van der Waals surface area (Å²) in [5.41, 5.74) is 5.70. The predicted octanol–water partition coefficient (Wildman–Crippen LogP) is 2.81. The Labute approximate surface area is 92.5 Å². The summed E-state index contributed by atoms with van der Waals surface area (Å²) in [6.07, 6.45) is 1.47. The maximum absolute atomic E-state index is 13.7. The first-order chi connectivity index (χ1) is 7.51. The molecule has 0 amide bonds. The van der Waals surface area contributed by atoms with Crippen LogP contribution in [0.2, 0.25) is 0 Å². The van der Waals surface area contributed by atoms with Crippen LogP contribution in [0.4, 0.5) is 13.2 Å². The van der Waals surface area contributed by atoms with Crippen LogP contribution in [0.5, 0.6) is 0 Å². The molecule has 16 heavy (non-hydrogen) atoms. The van der Waals surface area contributed by atoms with Gasteiger partial charge in [0.1, 0.15) is 6.67 Å². The summed E-state index contributed by atoms with van der Waals surface area (Å²) in [6.45, 7) is 0.978. The summed E-state index contributed by atoms with van der Waals surface area (Å²) in [6, 6.07) is 2.04. The molecule has 2 rings (SSSR count). The van der Waals surface area contributed by atoms with Gasteiger partial charge in [0.2, 0.25) is 0 Å². The molecule has 1 aromatic carbocycles. The second-order valence-corrected chi connectivity index (χ2v) is 4.52. The summed E-state index contributed by atoms with van der Waals surface area (Å²) in [7, 11) is 0. The SMILES string of the molecule is CC(N)C1(c2cc(CF)cc(F)c2F)CC1. The largest absolute Gasteiger partial charge is 0.327 e. The molecule has 1 aromatic rings. The monoisotopic (exact) mass is 229 g/mol. The Kier molecular flexibility index (Phi) is 2.70. The summed E-state index contributed by atoms with van der Waals surface area (Å²) in [4.78, 5) is 0. The van der Waals surface area contributed by atoms with Crippen LogP contribution in [0.25, 0.3) is 0 Å². The van der Waals surface area contributed by atoms with E-state index in [4.69, 9.17) is 5.73 Å². The molecule has 2 N–H and O–H groups in total. The molecular weight excluding hydrogens is 215 g/mol. The van der Waals surface area contributed by atoms with Crippen LogP contribution in [-0.2, 0) is 12.1 Å². The van der Waals surface area contributed by atoms with Gasteiger partial charge >= 0.3 is 0 Å². The minimum Gasteiger partial charge on any atom is -0.327 e. The van der Waals surface area contributed by atoms with E-state index >= 15 is 0 Å². The highest BCUT2D eigenvalue weighted by atomic mass is 19.2. The van der Waals surface area contributed by atoms with Crippen molar-refractivity contribution in [3.8, 4) is 0 Å². The highest BCUT2D eigenvalue weighted by molar-refractivity contribution is 5.38. The van der Waals surface area contributed by atoms with Gasteiger partial charge in [0, 0.05) is 11.5 Å². The van der Waals surface area contributed by atoms with Gasteiger partial charge in [-0.05, 0) is 43.0 Å². The van der Waals surface area contributed by atoms with Crippen LogP contribution in [0.15, 0.2) is 12.1 Å². The van der Waals surface area contributed by atoms with Crippen molar-refractivity contribution >= 4 is 0 Å². The van der Waals surface area contributed by atoms with E-state index in [0.717, 1.165) is 18.9 Å². The van der Waals surface area contributed by atoms with Crippen molar-refractivity contribution in [3.63, 3.8) is 0 Å². The zero-order chi connectivity index (χ0) is 11.9. The lowest BCUT2D eigenvalue weighted by Gasteiger charge is -2.21. The second kappa shape index (κ2) is 3.77. The summed E-state index contributed by atoms with van der Waals surface area (Å²) >= 11 is 0. The number of rotatable bonds is 3. The molecule has 0 aliphatic heterocycles. The van der Waals surface area contributed by atoms with E-state index in [0.29, 0.717) is 0 Å². The first-order valence-corrected chi connectivity index (χ1v) is 5.31. The van der Waals surface area contributed by atoms with E-state index in [1.165, 1.54) is 6.07 Å². The molecule has 1 unspecified atom stereocenters. The first-order valence-electron chi connectivity index (χ1n) is 5.31. The first kappa shape index (κ1) is 11.5. The highest BCUT2D eigenvalue weighted by Gasteiger charge is 2.49. The third-order valence-corrected chi connectivity index (χ3v) is 3.44. The molecule has 0 radical (unpaired) electrons. The van der Waals surface area contributed by atoms with Gasteiger partial charge in [-0.15, -0.1) is 0 Å². The highest BCUT2D eigenvalue weighted by Crippen LogP contribution is 2.51. The van der Waals surface area contributed by atoms with Gasteiger partial charge in [-0.3, -0.25) is 0 Å². The van der Waals surface area contributed by atoms with Crippen molar-refractivity contribution in [2.24, 2.45) is 5.73 Å². The molecule has 0 saturated heterocycles. The van der Waals surface area contributed by atoms with E-state index < -0.39 is 23.7 Å². The Morgan fingerprint density at radius 2 is 2.00 bits per heavy atom.